The first kappa shape index (κ1) is 12.6. The molecule has 0 atom stereocenters. The number of rotatable bonds is 2. The summed E-state index contributed by atoms with van der Waals surface area (Å²) in [5, 5.41) is 4.54. The van der Waals surface area contributed by atoms with Crippen LogP contribution in [0.5, 0.6) is 0 Å². The molecule has 0 bridgehead atoms. The van der Waals surface area contributed by atoms with Crippen molar-refractivity contribution in [3.05, 3.63) is 51.2 Å². The Morgan fingerprint density at radius 2 is 1.74 bits per heavy atom. The zero-order chi connectivity index (χ0) is 13.2. The molecule has 4 heteroatoms. The van der Waals surface area contributed by atoms with E-state index in [2.05, 4.69) is 21.0 Å². The Morgan fingerprint density at radius 3 is 2.42 bits per heavy atom. The molecule has 1 saturated carbocycles. The number of benzene rings is 1. The van der Waals surface area contributed by atoms with Crippen LogP contribution in [0.4, 0.5) is 0 Å². The van der Waals surface area contributed by atoms with Gasteiger partial charge in [-0.3, -0.25) is 4.79 Å². The summed E-state index contributed by atoms with van der Waals surface area (Å²) in [6.45, 7) is 0. The van der Waals surface area contributed by atoms with Crippen LogP contribution in [-0.2, 0) is 0 Å². The van der Waals surface area contributed by atoms with Crippen molar-refractivity contribution in [1.29, 1.82) is 0 Å². The molecule has 0 N–H and O–H groups in total. The first-order valence-corrected chi connectivity index (χ1v) is 7.39. The van der Waals surface area contributed by atoms with Crippen LogP contribution in [0.3, 0.4) is 0 Å². The van der Waals surface area contributed by atoms with Gasteiger partial charge in [0.15, 0.2) is 0 Å². The van der Waals surface area contributed by atoms with Gasteiger partial charge in [-0.05, 0) is 31.0 Å². The van der Waals surface area contributed by atoms with Crippen molar-refractivity contribution in [3.63, 3.8) is 0 Å². The van der Waals surface area contributed by atoms with Crippen LogP contribution in [0, 0.1) is 0 Å². The van der Waals surface area contributed by atoms with Crippen molar-refractivity contribution < 1.29 is 0 Å². The molecule has 1 fully saturated rings. The molecular formula is C15H15BrN2O. The smallest absolute Gasteiger partial charge is 0.267 e. The molecule has 0 amide bonds. The molecule has 0 spiro atoms. The largest absolute Gasteiger partial charge is 0.268 e. The minimum Gasteiger partial charge on any atom is -0.268 e. The number of aromatic nitrogens is 2. The van der Waals surface area contributed by atoms with Crippen LogP contribution >= 0.6 is 15.9 Å². The molecule has 1 heterocycles. The van der Waals surface area contributed by atoms with Gasteiger partial charge in [0.1, 0.15) is 0 Å². The minimum absolute atomic E-state index is 0.00719. The fourth-order valence-corrected chi connectivity index (χ4v) is 2.87. The van der Waals surface area contributed by atoms with Crippen molar-refractivity contribution in [2.24, 2.45) is 0 Å². The molecule has 0 saturated heterocycles. The highest BCUT2D eigenvalue weighted by Gasteiger charge is 2.19. The standard InChI is InChI=1S/C15H15BrN2O/c16-12-7-5-11(6-8-12)14-9-10-15(19)18(17-14)13-3-1-2-4-13/h5-10,13H,1-4H2. The van der Waals surface area contributed by atoms with Crippen molar-refractivity contribution in [2.45, 2.75) is 31.7 Å². The van der Waals surface area contributed by atoms with Crippen LogP contribution in [0.2, 0.25) is 0 Å². The maximum absolute atomic E-state index is 11.9. The molecule has 2 aromatic rings. The summed E-state index contributed by atoms with van der Waals surface area (Å²) >= 11 is 3.42. The predicted octanol–water partition coefficient (Wildman–Crippen LogP) is 3.79. The van der Waals surface area contributed by atoms with Crippen molar-refractivity contribution in [3.8, 4) is 11.3 Å². The highest BCUT2D eigenvalue weighted by Crippen LogP contribution is 2.28. The fourth-order valence-electron chi connectivity index (χ4n) is 2.61. The van der Waals surface area contributed by atoms with Gasteiger partial charge in [0.25, 0.3) is 5.56 Å². The average Bonchev–Trinajstić information content (AvgIpc) is 2.94. The number of hydrogen-bond donors (Lipinski definition) is 0. The second-order valence-corrected chi connectivity index (χ2v) is 5.86. The topological polar surface area (TPSA) is 34.9 Å². The maximum atomic E-state index is 11.9. The summed E-state index contributed by atoms with van der Waals surface area (Å²) in [6, 6.07) is 11.7. The molecule has 19 heavy (non-hydrogen) atoms. The highest BCUT2D eigenvalue weighted by molar-refractivity contribution is 9.10. The van der Waals surface area contributed by atoms with E-state index in [9.17, 15) is 4.79 Å². The van der Waals surface area contributed by atoms with Gasteiger partial charge >= 0.3 is 0 Å². The van der Waals surface area contributed by atoms with Crippen molar-refractivity contribution in [1.82, 2.24) is 9.78 Å². The molecular weight excluding hydrogens is 304 g/mol. The zero-order valence-electron chi connectivity index (χ0n) is 10.6. The Balaban J connectivity index is 2.01. The normalized spacial score (nSPS) is 15.8. The van der Waals surface area contributed by atoms with Gasteiger partial charge in [0, 0.05) is 16.1 Å². The summed E-state index contributed by atoms with van der Waals surface area (Å²) in [5.74, 6) is 0. The van der Waals surface area contributed by atoms with E-state index >= 15 is 0 Å². The van der Waals surface area contributed by atoms with Crippen LogP contribution in [0.15, 0.2) is 45.7 Å². The van der Waals surface area contributed by atoms with Gasteiger partial charge in [0.2, 0.25) is 0 Å². The van der Waals surface area contributed by atoms with Crippen molar-refractivity contribution >= 4 is 15.9 Å². The molecule has 0 aliphatic heterocycles. The van der Waals surface area contributed by atoms with E-state index in [0.717, 1.165) is 28.6 Å². The van der Waals surface area contributed by atoms with Crippen LogP contribution in [0.25, 0.3) is 11.3 Å². The molecule has 1 aliphatic rings. The molecule has 3 rings (SSSR count). The molecule has 1 aromatic carbocycles. The number of hydrogen-bond acceptors (Lipinski definition) is 2. The summed E-state index contributed by atoms with van der Waals surface area (Å²) in [5.41, 5.74) is 1.90. The fraction of sp³-hybridized carbons (Fsp3) is 0.333. The van der Waals surface area contributed by atoms with Gasteiger partial charge < -0.3 is 0 Å². The van der Waals surface area contributed by atoms with Crippen LogP contribution in [-0.4, -0.2) is 9.78 Å². The Bertz CT molecular complexity index is 627. The molecule has 0 radical (unpaired) electrons. The summed E-state index contributed by atoms with van der Waals surface area (Å²) in [6.07, 6.45) is 4.52. The van der Waals surface area contributed by atoms with Gasteiger partial charge in [-0.2, -0.15) is 5.10 Å². The Labute approximate surface area is 120 Å². The molecule has 3 nitrogen and oxygen atoms in total. The van der Waals surface area contributed by atoms with Crippen molar-refractivity contribution in [2.75, 3.05) is 0 Å². The average molecular weight is 319 g/mol. The predicted molar refractivity (Wildman–Crippen MR) is 79.1 cm³/mol. The van der Waals surface area contributed by atoms with Gasteiger partial charge in [-0.1, -0.05) is 40.9 Å². The lowest BCUT2D eigenvalue weighted by Gasteiger charge is -2.13. The first-order valence-electron chi connectivity index (χ1n) is 6.60. The minimum atomic E-state index is 0.00719. The van der Waals surface area contributed by atoms with E-state index in [1.807, 2.05) is 24.3 Å². The first-order chi connectivity index (χ1) is 9.24. The molecule has 0 unspecified atom stereocenters. The quantitative estimate of drug-likeness (QED) is 0.844. The molecule has 98 valence electrons. The lowest BCUT2D eigenvalue weighted by Crippen LogP contribution is -2.25. The third kappa shape index (κ3) is 2.63. The summed E-state index contributed by atoms with van der Waals surface area (Å²) in [4.78, 5) is 11.9. The Hall–Kier alpha value is -1.42. The third-order valence-corrected chi connectivity index (χ3v) is 4.16. The van der Waals surface area contributed by atoms with Gasteiger partial charge in [-0.15, -0.1) is 0 Å². The van der Waals surface area contributed by atoms with Gasteiger partial charge in [0.05, 0.1) is 11.7 Å². The molecule has 1 aliphatic carbocycles. The van der Waals surface area contributed by atoms with E-state index in [1.165, 1.54) is 12.8 Å². The monoisotopic (exact) mass is 318 g/mol. The molecule has 1 aromatic heterocycles. The number of nitrogens with zero attached hydrogens (tertiary/aromatic N) is 2. The number of halogens is 1. The second-order valence-electron chi connectivity index (χ2n) is 4.95. The SMILES string of the molecule is O=c1ccc(-c2ccc(Br)cc2)nn1C1CCCC1. The third-order valence-electron chi connectivity index (χ3n) is 3.64. The van der Waals surface area contributed by atoms with E-state index in [-0.39, 0.29) is 11.6 Å². The summed E-state index contributed by atoms with van der Waals surface area (Å²) < 4.78 is 2.71. The summed E-state index contributed by atoms with van der Waals surface area (Å²) in [7, 11) is 0. The van der Waals surface area contributed by atoms with Crippen LogP contribution < -0.4 is 5.56 Å². The van der Waals surface area contributed by atoms with Gasteiger partial charge in [-0.25, -0.2) is 4.68 Å². The van der Waals surface area contributed by atoms with E-state index in [0.29, 0.717) is 0 Å². The van der Waals surface area contributed by atoms with E-state index in [4.69, 9.17) is 0 Å². The zero-order valence-corrected chi connectivity index (χ0v) is 12.1. The Morgan fingerprint density at radius 1 is 1.05 bits per heavy atom. The lowest BCUT2D eigenvalue weighted by atomic mass is 10.1. The maximum Gasteiger partial charge on any atom is 0.267 e. The Kier molecular flexibility index (Phi) is 3.51. The van der Waals surface area contributed by atoms with Crippen LogP contribution in [0.1, 0.15) is 31.7 Å². The van der Waals surface area contributed by atoms with E-state index in [1.54, 1.807) is 16.8 Å². The second kappa shape index (κ2) is 5.29. The van der Waals surface area contributed by atoms with E-state index < -0.39 is 0 Å². The lowest BCUT2D eigenvalue weighted by molar-refractivity contribution is 0.445. The highest BCUT2D eigenvalue weighted by atomic mass is 79.9.